The fourth-order valence-corrected chi connectivity index (χ4v) is 2.82. The van der Waals surface area contributed by atoms with E-state index < -0.39 is 0 Å². The van der Waals surface area contributed by atoms with Gasteiger partial charge in [0.05, 0.1) is 11.5 Å². The quantitative estimate of drug-likeness (QED) is 0.529. The van der Waals surface area contributed by atoms with Crippen molar-refractivity contribution in [3.63, 3.8) is 0 Å². The number of nitro benzene ring substituents is 1. The van der Waals surface area contributed by atoms with Crippen molar-refractivity contribution in [2.75, 3.05) is 0 Å². The molecule has 0 saturated carbocycles. The molecule has 0 aliphatic carbocycles. The van der Waals surface area contributed by atoms with E-state index in [4.69, 9.17) is 0 Å². The minimum atomic E-state index is -0.336. The largest absolute Gasteiger partial charge is 0.343 e. The zero-order valence-corrected chi connectivity index (χ0v) is 12.1. The maximum Gasteiger partial charge on any atom is 0.274 e. The highest BCUT2D eigenvalue weighted by atomic mass is 79.9. The van der Waals surface area contributed by atoms with Crippen LogP contribution in [0.5, 0.6) is 0 Å². The molecule has 0 N–H and O–H groups in total. The molecular formula is C15H11BrN2O2. The van der Waals surface area contributed by atoms with Crippen LogP contribution in [0.1, 0.15) is 5.56 Å². The second kappa shape index (κ2) is 5.09. The van der Waals surface area contributed by atoms with Crippen LogP contribution in [0.25, 0.3) is 10.9 Å². The van der Waals surface area contributed by atoms with Gasteiger partial charge < -0.3 is 4.57 Å². The van der Waals surface area contributed by atoms with Crippen LogP contribution in [0.2, 0.25) is 0 Å². The van der Waals surface area contributed by atoms with Crippen molar-refractivity contribution in [1.82, 2.24) is 4.57 Å². The summed E-state index contributed by atoms with van der Waals surface area (Å²) in [7, 11) is 0. The zero-order valence-electron chi connectivity index (χ0n) is 10.5. The first-order valence-corrected chi connectivity index (χ1v) is 6.92. The van der Waals surface area contributed by atoms with Gasteiger partial charge in [0.15, 0.2) is 0 Å². The summed E-state index contributed by atoms with van der Waals surface area (Å²) in [6, 6.07) is 14.8. The lowest BCUT2D eigenvalue weighted by Gasteiger charge is -2.06. The van der Waals surface area contributed by atoms with Gasteiger partial charge in [0.2, 0.25) is 0 Å². The molecule has 0 unspecified atom stereocenters. The SMILES string of the molecule is O=[N+]([O-])c1ccccc1Cn1ccc2c(Br)cccc21. The van der Waals surface area contributed by atoms with Gasteiger partial charge in [0, 0.05) is 33.2 Å². The Bertz CT molecular complexity index is 795. The van der Waals surface area contributed by atoms with Crippen LogP contribution in [0, 0.1) is 10.1 Å². The molecule has 0 aliphatic heterocycles. The molecule has 1 heterocycles. The van der Waals surface area contributed by atoms with Crippen molar-refractivity contribution in [2.24, 2.45) is 0 Å². The molecule has 0 radical (unpaired) electrons. The Labute approximate surface area is 123 Å². The molecular weight excluding hydrogens is 320 g/mol. The third-order valence-corrected chi connectivity index (χ3v) is 3.98. The van der Waals surface area contributed by atoms with Gasteiger partial charge in [-0.3, -0.25) is 10.1 Å². The summed E-state index contributed by atoms with van der Waals surface area (Å²) >= 11 is 3.51. The molecule has 20 heavy (non-hydrogen) atoms. The van der Waals surface area contributed by atoms with Crippen molar-refractivity contribution in [3.8, 4) is 0 Å². The number of fused-ring (bicyclic) bond motifs is 1. The Kier molecular flexibility index (Phi) is 3.28. The Morgan fingerprint density at radius 3 is 2.70 bits per heavy atom. The summed E-state index contributed by atoms with van der Waals surface area (Å²) < 4.78 is 3.04. The van der Waals surface area contributed by atoms with E-state index in [-0.39, 0.29) is 10.6 Å². The highest BCUT2D eigenvalue weighted by Gasteiger charge is 2.13. The third kappa shape index (κ3) is 2.20. The molecule has 4 nitrogen and oxygen atoms in total. The van der Waals surface area contributed by atoms with Gasteiger partial charge >= 0.3 is 0 Å². The number of nitro groups is 1. The van der Waals surface area contributed by atoms with Gasteiger partial charge in [-0.2, -0.15) is 0 Å². The molecule has 0 atom stereocenters. The van der Waals surface area contributed by atoms with E-state index in [0.717, 1.165) is 15.4 Å². The Balaban J connectivity index is 2.06. The topological polar surface area (TPSA) is 48.1 Å². The van der Waals surface area contributed by atoms with Crippen molar-refractivity contribution in [2.45, 2.75) is 6.54 Å². The van der Waals surface area contributed by atoms with Gasteiger partial charge in [-0.05, 0) is 18.2 Å². The smallest absolute Gasteiger partial charge is 0.274 e. The van der Waals surface area contributed by atoms with E-state index in [1.807, 2.05) is 41.1 Å². The molecule has 100 valence electrons. The van der Waals surface area contributed by atoms with Crippen LogP contribution in [-0.2, 0) is 6.54 Å². The van der Waals surface area contributed by atoms with Crippen LogP contribution in [0.15, 0.2) is 59.2 Å². The predicted molar refractivity (Wildman–Crippen MR) is 81.8 cm³/mol. The number of aromatic nitrogens is 1. The third-order valence-electron chi connectivity index (χ3n) is 3.29. The number of rotatable bonds is 3. The molecule has 1 aromatic heterocycles. The number of hydrogen-bond acceptors (Lipinski definition) is 2. The zero-order chi connectivity index (χ0) is 14.1. The lowest BCUT2D eigenvalue weighted by atomic mass is 10.2. The summed E-state index contributed by atoms with van der Waals surface area (Å²) in [6.45, 7) is 0.483. The normalized spacial score (nSPS) is 10.8. The Morgan fingerprint density at radius 1 is 1.10 bits per heavy atom. The molecule has 0 fully saturated rings. The fraction of sp³-hybridized carbons (Fsp3) is 0.0667. The highest BCUT2D eigenvalue weighted by Crippen LogP contribution is 2.26. The fourth-order valence-electron chi connectivity index (χ4n) is 2.33. The van der Waals surface area contributed by atoms with E-state index in [1.165, 1.54) is 6.07 Å². The summed E-state index contributed by atoms with van der Waals surface area (Å²) in [4.78, 5) is 10.7. The minimum Gasteiger partial charge on any atom is -0.343 e. The molecule has 5 heteroatoms. The van der Waals surface area contributed by atoms with Gasteiger partial charge in [-0.1, -0.05) is 40.2 Å². The van der Waals surface area contributed by atoms with Gasteiger partial charge in [0.1, 0.15) is 0 Å². The lowest BCUT2D eigenvalue weighted by Crippen LogP contribution is -2.01. The first-order chi connectivity index (χ1) is 9.66. The number of nitrogens with zero attached hydrogens (tertiary/aromatic N) is 2. The minimum absolute atomic E-state index is 0.157. The highest BCUT2D eigenvalue weighted by molar-refractivity contribution is 9.10. The predicted octanol–water partition coefficient (Wildman–Crippen LogP) is 4.36. The second-order valence-corrected chi connectivity index (χ2v) is 5.36. The Morgan fingerprint density at radius 2 is 1.90 bits per heavy atom. The number of para-hydroxylation sites is 1. The summed E-state index contributed by atoms with van der Waals surface area (Å²) in [5.41, 5.74) is 1.91. The first kappa shape index (κ1) is 12.9. The summed E-state index contributed by atoms with van der Waals surface area (Å²) in [5.74, 6) is 0. The molecule has 3 rings (SSSR count). The number of halogens is 1. The summed E-state index contributed by atoms with van der Waals surface area (Å²) in [6.07, 6.45) is 1.95. The van der Waals surface area contributed by atoms with Gasteiger partial charge in [-0.15, -0.1) is 0 Å². The monoisotopic (exact) mass is 330 g/mol. The molecule has 0 amide bonds. The van der Waals surface area contributed by atoms with Crippen molar-refractivity contribution < 1.29 is 4.92 Å². The average Bonchev–Trinajstić information content (AvgIpc) is 2.84. The van der Waals surface area contributed by atoms with Crippen LogP contribution in [0.4, 0.5) is 5.69 Å². The molecule has 3 aromatic rings. The van der Waals surface area contributed by atoms with Crippen molar-refractivity contribution in [3.05, 3.63) is 74.9 Å². The van der Waals surface area contributed by atoms with Gasteiger partial charge in [-0.25, -0.2) is 0 Å². The van der Waals surface area contributed by atoms with E-state index >= 15 is 0 Å². The standard InChI is InChI=1S/C15H11BrN2O2/c16-13-5-3-7-15-12(13)8-9-17(15)10-11-4-1-2-6-14(11)18(19)20/h1-9H,10H2. The van der Waals surface area contributed by atoms with E-state index in [2.05, 4.69) is 15.9 Å². The first-order valence-electron chi connectivity index (χ1n) is 6.12. The number of hydrogen-bond donors (Lipinski definition) is 0. The van der Waals surface area contributed by atoms with Crippen LogP contribution in [0.3, 0.4) is 0 Å². The Hall–Kier alpha value is -2.14. The molecule has 0 saturated heterocycles. The summed E-state index contributed by atoms with van der Waals surface area (Å²) in [5, 5.41) is 12.2. The molecule has 0 spiro atoms. The van der Waals surface area contributed by atoms with Crippen molar-refractivity contribution in [1.29, 1.82) is 0 Å². The average molecular weight is 331 g/mol. The molecule has 0 bridgehead atoms. The molecule has 0 aliphatic rings. The van der Waals surface area contributed by atoms with Gasteiger partial charge in [0.25, 0.3) is 5.69 Å². The van der Waals surface area contributed by atoms with Crippen LogP contribution in [-0.4, -0.2) is 9.49 Å². The van der Waals surface area contributed by atoms with E-state index in [0.29, 0.717) is 12.1 Å². The van der Waals surface area contributed by atoms with Crippen LogP contribution < -0.4 is 0 Å². The van der Waals surface area contributed by atoms with Crippen LogP contribution >= 0.6 is 15.9 Å². The van der Waals surface area contributed by atoms with E-state index in [9.17, 15) is 10.1 Å². The van der Waals surface area contributed by atoms with Crippen molar-refractivity contribution >= 4 is 32.5 Å². The lowest BCUT2D eigenvalue weighted by molar-refractivity contribution is -0.385. The maximum absolute atomic E-state index is 11.1. The number of benzene rings is 2. The van der Waals surface area contributed by atoms with E-state index in [1.54, 1.807) is 12.1 Å². The molecule has 2 aromatic carbocycles. The maximum atomic E-state index is 11.1. The second-order valence-electron chi connectivity index (χ2n) is 4.50.